The van der Waals surface area contributed by atoms with E-state index >= 15 is 0 Å². The predicted molar refractivity (Wildman–Crippen MR) is 116 cm³/mol. The van der Waals surface area contributed by atoms with Crippen molar-refractivity contribution in [3.8, 4) is 6.01 Å². The molecule has 1 radical (unpaired) electrons. The van der Waals surface area contributed by atoms with Crippen LogP contribution >= 0.6 is 0 Å². The summed E-state index contributed by atoms with van der Waals surface area (Å²) < 4.78 is 5.02. The minimum atomic E-state index is -0.757. The van der Waals surface area contributed by atoms with E-state index in [1.54, 1.807) is 6.92 Å². The van der Waals surface area contributed by atoms with Crippen LogP contribution in [-0.4, -0.2) is 71.4 Å². The van der Waals surface area contributed by atoms with Gasteiger partial charge in [0.2, 0.25) is 0 Å². The van der Waals surface area contributed by atoms with Crippen LogP contribution in [-0.2, 0) is 0 Å². The predicted octanol–water partition coefficient (Wildman–Crippen LogP) is 1.54. The number of primary amides is 1. The number of fused-ring (bicyclic) bond motifs is 1. The topological polar surface area (TPSA) is 102 Å². The van der Waals surface area contributed by atoms with Crippen LogP contribution in [0.15, 0.2) is 30.3 Å². The third-order valence-corrected chi connectivity index (χ3v) is 6.17. The highest BCUT2D eigenvalue weighted by Gasteiger charge is 2.42. The summed E-state index contributed by atoms with van der Waals surface area (Å²) >= 11 is 0. The first-order valence-electron chi connectivity index (χ1n) is 10.6. The summed E-state index contributed by atoms with van der Waals surface area (Å²) in [4.78, 5) is 37.6. The number of methoxy groups -OCH3 is 1. The Morgan fingerprint density at radius 3 is 2.42 bits per heavy atom. The van der Waals surface area contributed by atoms with Crippen LogP contribution in [0.3, 0.4) is 0 Å². The largest absolute Gasteiger partial charge is 0.467 e. The fraction of sp³-hybridized carbons (Fsp3) is 0.435. The molecule has 0 spiro atoms. The average Bonchev–Trinajstić information content (AvgIpc) is 3.32. The van der Waals surface area contributed by atoms with Gasteiger partial charge in [-0.05, 0) is 43.7 Å². The van der Waals surface area contributed by atoms with Gasteiger partial charge >= 0.3 is 6.01 Å². The number of aromatic nitrogens is 2. The molecule has 1 unspecified atom stereocenters. The first-order valence-corrected chi connectivity index (χ1v) is 10.6. The Kier molecular flexibility index (Phi) is 6.18. The lowest BCUT2D eigenvalue weighted by molar-refractivity contribution is 0.0766. The molecule has 4 rings (SSSR count). The summed E-state index contributed by atoms with van der Waals surface area (Å²) in [6.07, 6.45) is 3.28. The van der Waals surface area contributed by atoms with Gasteiger partial charge in [-0.3, -0.25) is 9.59 Å². The second-order valence-electron chi connectivity index (χ2n) is 8.28. The number of carbonyl (C=O) groups is 2. The summed E-state index contributed by atoms with van der Waals surface area (Å²) in [5.41, 5.74) is 7.24. The summed E-state index contributed by atoms with van der Waals surface area (Å²) in [6, 6.07) is 10.4. The van der Waals surface area contributed by atoms with E-state index in [9.17, 15) is 9.59 Å². The van der Waals surface area contributed by atoms with Gasteiger partial charge in [0.25, 0.3) is 11.8 Å². The van der Waals surface area contributed by atoms with E-state index in [1.807, 2.05) is 11.0 Å². The minimum absolute atomic E-state index is 0.0316. The quantitative estimate of drug-likeness (QED) is 0.726. The Morgan fingerprint density at radius 1 is 1.13 bits per heavy atom. The Hall–Kier alpha value is -3.00. The number of likely N-dealkylation sites (tertiary alicyclic amines) is 2. The highest BCUT2D eigenvalue weighted by molar-refractivity contribution is 6.06. The molecule has 2 amide bonds. The minimum Gasteiger partial charge on any atom is -0.467 e. The molecule has 2 aromatic rings. The zero-order valence-corrected chi connectivity index (χ0v) is 18.0. The Balaban J connectivity index is 1.35. The van der Waals surface area contributed by atoms with Gasteiger partial charge in [0, 0.05) is 26.2 Å². The smallest absolute Gasteiger partial charge is 0.317 e. The molecule has 8 heteroatoms. The number of rotatable bonds is 7. The van der Waals surface area contributed by atoms with Crippen LogP contribution in [0.2, 0.25) is 0 Å². The Bertz CT molecular complexity index is 951. The van der Waals surface area contributed by atoms with E-state index in [1.165, 1.54) is 12.7 Å². The van der Waals surface area contributed by atoms with Crippen LogP contribution in [0.4, 0.5) is 0 Å². The van der Waals surface area contributed by atoms with E-state index in [2.05, 4.69) is 45.6 Å². The molecule has 2 saturated heterocycles. The zero-order chi connectivity index (χ0) is 22.0. The normalized spacial score (nSPS) is 20.6. The van der Waals surface area contributed by atoms with Gasteiger partial charge in [-0.25, -0.2) is 0 Å². The molecule has 1 aromatic heterocycles. The lowest BCUT2D eigenvalue weighted by Crippen LogP contribution is -2.35. The number of carbonyl (C=O) groups excluding carboxylic acids is 2. The molecule has 2 atom stereocenters. The molecule has 2 aliphatic rings. The van der Waals surface area contributed by atoms with Crippen molar-refractivity contribution in [1.82, 2.24) is 19.8 Å². The number of hydrogen-bond acceptors (Lipinski definition) is 6. The van der Waals surface area contributed by atoms with Crippen LogP contribution in [0.5, 0.6) is 6.01 Å². The maximum atomic E-state index is 13.2. The number of amides is 2. The average molecular weight is 423 g/mol. The lowest BCUT2D eigenvalue weighted by atomic mass is 10.0. The number of nitrogens with zero attached hydrogens (tertiary/aromatic N) is 4. The maximum absolute atomic E-state index is 13.2. The summed E-state index contributed by atoms with van der Waals surface area (Å²) in [5.74, 6) is -0.103. The van der Waals surface area contributed by atoms with Gasteiger partial charge in [-0.1, -0.05) is 30.3 Å². The SMILES string of the molecule is COc1nc(C)c(C(=O)N2CC3CN(CC[CH]c4ccccc4)C[C@H]3C2)c(C(N)=O)n1. The first-order chi connectivity index (χ1) is 15.0. The number of nitrogens with two attached hydrogens (primary N) is 1. The fourth-order valence-electron chi connectivity index (χ4n) is 4.67. The molecule has 2 aliphatic heterocycles. The van der Waals surface area contributed by atoms with Crippen molar-refractivity contribution in [2.24, 2.45) is 17.6 Å². The summed E-state index contributed by atoms with van der Waals surface area (Å²) in [7, 11) is 1.41. The number of ether oxygens (including phenoxy) is 1. The summed E-state index contributed by atoms with van der Waals surface area (Å²) in [6.45, 7) is 6.01. The van der Waals surface area contributed by atoms with Crippen molar-refractivity contribution in [3.63, 3.8) is 0 Å². The van der Waals surface area contributed by atoms with E-state index in [4.69, 9.17) is 10.5 Å². The van der Waals surface area contributed by atoms with E-state index in [0.29, 0.717) is 30.6 Å². The molecule has 0 saturated carbocycles. The second-order valence-corrected chi connectivity index (χ2v) is 8.28. The molecule has 0 aliphatic carbocycles. The van der Waals surface area contributed by atoms with Crippen molar-refractivity contribution in [3.05, 3.63) is 59.3 Å². The van der Waals surface area contributed by atoms with Gasteiger partial charge in [-0.15, -0.1) is 0 Å². The van der Waals surface area contributed by atoms with Gasteiger partial charge < -0.3 is 20.3 Å². The second kappa shape index (κ2) is 9.01. The van der Waals surface area contributed by atoms with Crippen LogP contribution in [0.1, 0.15) is 38.5 Å². The molecule has 1 aromatic carbocycles. The highest BCUT2D eigenvalue weighted by atomic mass is 16.5. The maximum Gasteiger partial charge on any atom is 0.317 e. The number of hydrogen-bond donors (Lipinski definition) is 1. The van der Waals surface area contributed by atoms with Gasteiger partial charge in [0.05, 0.1) is 18.4 Å². The highest BCUT2D eigenvalue weighted by Crippen LogP contribution is 2.32. The van der Waals surface area contributed by atoms with Crippen LogP contribution in [0, 0.1) is 25.2 Å². The molecular formula is C23H28N5O3. The van der Waals surface area contributed by atoms with Crippen LogP contribution < -0.4 is 10.5 Å². The molecule has 31 heavy (non-hydrogen) atoms. The third-order valence-electron chi connectivity index (χ3n) is 6.17. The van der Waals surface area contributed by atoms with Crippen molar-refractivity contribution in [1.29, 1.82) is 0 Å². The van der Waals surface area contributed by atoms with Crippen molar-refractivity contribution >= 4 is 11.8 Å². The lowest BCUT2D eigenvalue weighted by Gasteiger charge is -2.22. The number of aryl methyl sites for hydroxylation is 1. The monoisotopic (exact) mass is 422 g/mol. The molecule has 163 valence electrons. The van der Waals surface area contributed by atoms with Crippen LogP contribution in [0.25, 0.3) is 0 Å². The standard InChI is InChI=1S/C23H28N5O3/c1-15-19(20(21(24)29)26-23(25-15)31-2)22(30)28-13-17-11-27(12-18(17)14-28)10-6-9-16-7-4-3-5-8-16/h3-5,7-9,17-18H,6,10-14H2,1-2H3,(H2,24,29)/t17-,18?/m0/s1. The van der Waals surface area contributed by atoms with Gasteiger partial charge in [-0.2, -0.15) is 9.97 Å². The molecular weight excluding hydrogens is 394 g/mol. The van der Waals surface area contributed by atoms with E-state index < -0.39 is 5.91 Å². The third kappa shape index (κ3) is 4.54. The summed E-state index contributed by atoms with van der Waals surface area (Å²) in [5, 5.41) is 0. The molecule has 2 N–H and O–H groups in total. The van der Waals surface area contributed by atoms with Gasteiger partial charge in [0.1, 0.15) is 5.69 Å². The van der Waals surface area contributed by atoms with Gasteiger partial charge in [0.15, 0.2) is 0 Å². The van der Waals surface area contributed by atoms with Crippen molar-refractivity contribution in [2.75, 3.05) is 39.8 Å². The van der Waals surface area contributed by atoms with E-state index in [-0.39, 0.29) is 23.2 Å². The number of benzene rings is 1. The fourth-order valence-corrected chi connectivity index (χ4v) is 4.67. The Morgan fingerprint density at radius 2 is 1.81 bits per heavy atom. The van der Waals surface area contributed by atoms with Crippen molar-refractivity contribution < 1.29 is 14.3 Å². The zero-order valence-electron chi connectivity index (χ0n) is 18.0. The molecule has 8 nitrogen and oxygen atoms in total. The Labute approximate surface area is 182 Å². The van der Waals surface area contributed by atoms with E-state index in [0.717, 1.165) is 26.1 Å². The first kappa shape index (κ1) is 21.2. The molecule has 3 heterocycles. The van der Waals surface area contributed by atoms with Crippen molar-refractivity contribution in [2.45, 2.75) is 13.3 Å². The molecule has 2 fully saturated rings. The molecule has 0 bridgehead atoms.